The first-order valence-corrected chi connectivity index (χ1v) is 7.29. The van der Waals surface area contributed by atoms with E-state index >= 15 is 0 Å². The molecule has 1 aliphatic rings. The standard InChI is InChI=1S/C15H22N2O3/c1-10(9-11-5-3-2-4-6-11)17-15(20)13-12(18)7-8-16-14(13)19/h7-8,10-11H,2-6,9H2,1H3,(H,17,20)(H2,16,18,19)/t10-/m1/s1. The van der Waals surface area contributed by atoms with Gasteiger partial charge in [0.15, 0.2) is 0 Å². The van der Waals surface area contributed by atoms with Gasteiger partial charge >= 0.3 is 0 Å². The lowest BCUT2D eigenvalue weighted by Gasteiger charge is -2.25. The van der Waals surface area contributed by atoms with Crippen LogP contribution in [-0.4, -0.2) is 22.0 Å². The summed E-state index contributed by atoms with van der Waals surface area (Å²) >= 11 is 0. The highest BCUT2D eigenvalue weighted by atomic mass is 16.3. The van der Waals surface area contributed by atoms with Gasteiger partial charge in [-0.25, -0.2) is 0 Å². The van der Waals surface area contributed by atoms with Crippen molar-refractivity contribution in [3.63, 3.8) is 0 Å². The number of carbonyl (C=O) groups is 1. The van der Waals surface area contributed by atoms with E-state index < -0.39 is 11.5 Å². The first kappa shape index (κ1) is 14.6. The topological polar surface area (TPSA) is 82.2 Å². The Morgan fingerprint density at radius 3 is 2.80 bits per heavy atom. The summed E-state index contributed by atoms with van der Waals surface area (Å²) in [6, 6.07) is 1.31. The maximum absolute atomic E-state index is 12.0. The zero-order chi connectivity index (χ0) is 14.5. The van der Waals surface area contributed by atoms with E-state index in [1.165, 1.54) is 44.4 Å². The third-order valence-corrected chi connectivity index (χ3v) is 3.96. The Morgan fingerprint density at radius 2 is 2.15 bits per heavy atom. The van der Waals surface area contributed by atoms with E-state index in [0.717, 1.165) is 6.42 Å². The molecular weight excluding hydrogens is 256 g/mol. The normalized spacial score (nSPS) is 17.6. The lowest BCUT2D eigenvalue weighted by atomic mass is 9.85. The largest absolute Gasteiger partial charge is 0.507 e. The molecule has 1 amide bonds. The Labute approximate surface area is 118 Å². The number of aromatic nitrogens is 1. The summed E-state index contributed by atoms with van der Waals surface area (Å²) in [5.41, 5.74) is -0.768. The van der Waals surface area contributed by atoms with Crippen LogP contribution in [0.15, 0.2) is 17.1 Å². The number of nitrogens with one attached hydrogen (secondary N) is 2. The highest BCUT2D eigenvalue weighted by Gasteiger charge is 2.20. The molecular formula is C15H22N2O3. The molecule has 1 atom stereocenters. The van der Waals surface area contributed by atoms with Gasteiger partial charge in [-0.1, -0.05) is 32.1 Å². The lowest BCUT2D eigenvalue weighted by molar-refractivity contribution is 0.0928. The van der Waals surface area contributed by atoms with Crippen LogP contribution in [0.1, 0.15) is 55.8 Å². The predicted molar refractivity (Wildman–Crippen MR) is 76.8 cm³/mol. The summed E-state index contributed by atoms with van der Waals surface area (Å²) < 4.78 is 0. The monoisotopic (exact) mass is 278 g/mol. The number of hydrogen-bond acceptors (Lipinski definition) is 3. The Balaban J connectivity index is 1.95. The van der Waals surface area contributed by atoms with Crippen LogP contribution in [0, 0.1) is 5.92 Å². The van der Waals surface area contributed by atoms with Crippen molar-refractivity contribution in [1.29, 1.82) is 0 Å². The number of aromatic amines is 1. The Kier molecular flexibility index (Phi) is 4.82. The molecule has 3 N–H and O–H groups in total. The van der Waals surface area contributed by atoms with E-state index in [0.29, 0.717) is 5.92 Å². The summed E-state index contributed by atoms with van der Waals surface area (Å²) in [7, 11) is 0. The second-order valence-corrected chi connectivity index (χ2v) is 5.68. The third-order valence-electron chi connectivity index (χ3n) is 3.96. The third kappa shape index (κ3) is 3.62. The van der Waals surface area contributed by atoms with E-state index in [1.54, 1.807) is 0 Å². The van der Waals surface area contributed by atoms with Crippen LogP contribution in [0.3, 0.4) is 0 Å². The molecule has 0 saturated heterocycles. The van der Waals surface area contributed by atoms with Crippen LogP contribution in [0.5, 0.6) is 5.75 Å². The summed E-state index contributed by atoms with van der Waals surface area (Å²) in [6.07, 6.45) is 8.53. The fourth-order valence-electron chi connectivity index (χ4n) is 2.97. The molecule has 1 aromatic heterocycles. The first-order valence-electron chi connectivity index (χ1n) is 7.29. The molecule has 0 aliphatic heterocycles. The van der Waals surface area contributed by atoms with Gasteiger partial charge in [0.25, 0.3) is 11.5 Å². The van der Waals surface area contributed by atoms with Crippen molar-refractivity contribution in [2.75, 3.05) is 0 Å². The average Bonchev–Trinajstić information content (AvgIpc) is 2.39. The number of rotatable bonds is 4. The SMILES string of the molecule is C[C@H](CC1CCCCC1)NC(=O)c1c(O)cc[nH]c1=O. The van der Waals surface area contributed by atoms with Crippen molar-refractivity contribution in [3.8, 4) is 5.75 Å². The number of H-pyrrole nitrogens is 1. The van der Waals surface area contributed by atoms with Gasteiger partial charge in [0, 0.05) is 12.2 Å². The summed E-state index contributed by atoms with van der Waals surface area (Å²) in [5.74, 6) is -0.134. The van der Waals surface area contributed by atoms with Crippen LogP contribution in [0.2, 0.25) is 0 Å². The number of aromatic hydroxyl groups is 1. The van der Waals surface area contributed by atoms with E-state index in [4.69, 9.17) is 0 Å². The fraction of sp³-hybridized carbons (Fsp3) is 0.600. The van der Waals surface area contributed by atoms with Crippen LogP contribution in [0.4, 0.5) is 0 Å². The van der Waals surface area contributed by atoms with Crippen molar-refractivity contribution < 1.29 is 9.90 Å². The zero-order valence-electron chi connectivity index (χ0n) is 11.8. The van der Waals surface area contributed by atoms with Gasteiger partial charge in [0.2, 0.25) is 0 Å². The van der Waals surface area contributed by atoms with Gasteiger partial charge in [-0.15, -0.1) is 0 Å². The molecule has 5 heteroatoms. The molecule has 1 aromatic rings. The van der Waals surface area contributed by atoms with Gasteiger partial charge in [0.05, 0.1) is 0 Å². The van der Waals surface area contributed by atoms with Crippen molar-refractivity contribution in [2.24, 2.45) is 5.92 Å². The molecule has 5 nitrogen and oxygen atoms in total. The van der Waals surface area contributed by atoms with Gasteiger partial charge in [0.1, 0.15) is 11.3 Å². The molecule has 1 heterocycles. The molecule has 0 bridgehead atoms. The molecule has 1 fully saturated rings. The highest BCUT2D eigenvalue weighted by Crippen LogP contribution is 2.27. The molecule has 0 aromatic carbocycles. The van der Waals surface area contributed by atoms with Crippen molar-refractivity contribution in [3.05, 3.63) is 28.2 Å². The van der Waals surface area contributed by atoms with Crippen LogP contribution in [0.25, 0.3) is 0 Å². The smallest absolute Gasteiger partial charge is 0.264 e. The lowest BCUT2D eigenvalue weighted by Crippen LogP contribution is -2.37. The first-order chi connectivity index (χ1) is 9.58. The van der Waals surface area contributed by atoms with Crippen LogP contribution < -0.4 is 10.9 Å². The summed E-state index contributed by atoms with van der Waals surface area (Å²) in [5, 5.41) is 12.4. The molecule has 0 spiro atoms. The molecule has 1 saturated carbocycles. The minimum Gasteiger partial charge on any atom is -0.507 e. The van der Waals surface area contributed by atoms with Crippen molar-refractivity contribution in [2.45, 2.75) is 51.5 Å². The van der Waals surface area contributed by atoms with Crippen LogP contribution in [-0.2, 0) is 0 Å². The number of hydrogen-bond donors (Lipinski definition) is 3. The second-order valence-electron chi connectivity index (χ2n) is 5.68. The molecule has 110 valence electrons. The second kappa shape index (κ2) is 6.59. The van der Waals surface area contributed by atoms with Crippen molar-refractivity contribution in [1.82, 2.24) is 10.3 Å². The Hall–Kier alpha value is -1.78. The van der Waals surface area contributed by atoms with E-state index in [9.17, 15) is 14.7 Å². The molecule has 0 radical (unpaired) electrons. The molecule has 2 rings (SSSR count). The zero-order valence-corrected chi connectivity index (χ0v) is 11.8. The van der Waals surface area contributed by atoms with E-state index in [1.807, 2.05) is 6.92 Å². The van der Waals surface area contributed by atoms with E-state index in [2.05, 4.69) is 10.3 Å². The van der Waals surface area contributed by atoms with Gasteiger partial charge in [-0.05, 0) is 25.3 Å². The van der Waals surface area contributed by atoms with E-state index in [-0.39, 0.29) is 17.4 Å². The van der Waals surface area contributed by atoms with Gasteiger partial charge in [-0.2, -0.15) is 0 Å². The molecule has 1 aliphatic carbocycles. The summed E-state index contributed by atoms with van der Waals surface area (Å²) in [4.78, 5) is 26.0. The minimum atomic E-state index is -0.563. The minimum absolute atomic E-state index is 0.00426. The maximum atomic E-state index is 12.0. The number of amides is 1. The maximum Gasteiger partial charge on any atom is 0.264 e. The Bertz CT molecular complexity index is 518. The summed E-state index contributed by atoms with van der Waals surface area (Å²) in [6.45, 7) is 1.95. The van der Waals surface area contributed by atoms with Crippen molar-refractivity contribution >= 4 is 5.91 Å². The quantitative estimate of drug-likeness (QED) is 0.789. The average molecular weight is 278 g/mol. The highest BCUT2D eigenvalue weighted by molar-refractivity contribution is 5.96. The number of pyridine rings is 1. The predicted octanol–water partition coefficient (Wildman–Crippen LogP) is 2.17. The van der Waals surface area contributed by atoms with Gasteiger partial charge in [-0.3, -0.25) is 9.59 Å². The molecule has 0 unspecified atom stereocenters. The number of carbonyl (C=O) groups excluding carboxylic acids is 1. The molecule has 20 heavy (non-hydrogen) atoms. The van der Waals surface area contributed by atoms with Crippen LogP contribution >= 0.6 is 0 Å². The fourth-order valence-corrected chi connectivity index (χ4v) is 2.97. The Morgan fingerprint density at radius 1 is 1.45 bits per heavy atom. The van der Waals surface area contributed by atoms with Gasteiger partial charge < -0.3 is 15.4 Å².